The summed E-state index contributed by atoms with van der Waals surface area (Å²) >= 11 is 0. The summed E-state index contributed by atoms with van der Waals surface area (Å²) in [6, 6.07) is 8.51. The Balaban J connectivity index is 1.94. The zero-order chi connectivity index (χ0) is 17.6. The summed E-state index contributed by atoms with van der Waals surface area (Å²) in [6.45, 7) is 0. The van der Waals surface area contributed by atoms with Gasteiger partial charge in [0.05, 0.1) is 11.8 Å². The first-order valence-electron chi connectivity index (χ1n) is 7.71. The van der Waals surface area contributed by atoms with Crippen LogP contribution in [0.2, 0.25) is 0 Å². The molecule has 0 N–H and O–H groups in total. The smallest absolute Gasteiger partial charge is 0.140 e. The third-order valence-corrected chi connectivity index (χ3v) is 4.25. The lowest BCUT2D eigenvalue weighted by atomic mass is 10.0. The molecule has 3 heterocycles. The molecule has 0 spiro atoms. The quantitative estimate of drug-likeness (QED) is 0.563. The van der Waals surface area contributed by atoms with Gasteiger partial charge in [0.2, 0.25) is 0 Å². The highest BCUT2D eigenvalue weighted by atomic mass is 19.1. The van der Waals surface area contributed by atoms with E-state index in [4.69, 9.17) is 5.26 Å². The standard InChI is InChI=1S/C19H14FN5/c1-24-11-17(12-3-4-18(20)13(5-12)7-21)16-6-14(8-22-19(16)24)15-9-23-25(2)10-15/h3-6,8-11H,1-2H3. The number of aromatic nitrogens is 4. The highest BCUT2D eigenvalue weighted by molar-refractivity contribution is 5.96. The van der Waals surface area contributed by atoms with Crippen molar-refractivity contribution >= 4 is 11.0 Å². The molecule has 122 valence electrons. The van der Waals surface area contributed by atoms with E-state index in [1.165, 1.54) is 6.07 Å². The van der Waals surface area contributed by atoms with Gasteiger partial charge in [-0.2, -0.15) is 10.4 Å². The van der Waals surface area contributed by atoms with Crippen molar-refractivity contribution in [2.45, 2.75) is 0 Å². The molecule has 4 aromatic rings. The van der Waals surface area contributed by atoms with E-state index in [1.54, 1.807) is 23.0 Å². The number of nitrogens with zero attached hydrogens (tertiary/aromatic N) is 5. The van der Waals surface area contributed by atoms with E-state index >= 15 is 0 Å². The van der Waals surface area contributed by atoms with E-state index in [0.29, 0.717) is 0 Å². The lowest BCUT2D eigenvalue weighted by Crippen LogP contribution is -1.88. The molecule has 0 bridgehead atoms. The Hall–Kier alpha value is -3.46. The third kappa shape index (κ3) is 2.46. The molecule has 25 heavy (non-hydrogen) atoms. The van der Waals surface area contributed by atoms with Crippen molar-refractivity contribution < 1.29 is 4.39 Å². The second kappa shape index (κ2) is 5.56. The maximum absolute atomic E-state index is 13.6. The van der Waals surface area contributed by atoms with Crippen LogP contribution in [0.25, 0.3) is 33.3 Å². The minimum Gasteiger partial charge on any atom is -0.335 e. The van der Waals surface area contributed by atoms with Crippen LogP contribution in [-0.4, -0.2) is 19.3 Å². The lowest BCUT2D eigenvalue weighted by Gasteiger charge is -2.03. The van der Waals surface area contributed by atoms with Crippen LogP contribution in [-0.2, 0) is 14.1 Å². The average Bonchev–Trinajstić information content (AvgIpc) is 3.19. The van der Waals surface area contributed by atoms with Crippen LogP contribution in [0.3, 0.4) is 0 Å². The van der Waals surface area contributed by atoms with Crippen molar-refractivity contribution in [2.24, 2.45) is 14.1 Å². The van der Waals surface area contributed by atoms with E-state index in [0.717, 1.165) is 33.3 Å². The van der Waals surface area contributed by atoms with Crippen LogP contribution in [0.15, 0.2) is 49.1 Å². The van der Waals surface area contributed by atoms with Crippen molar-refractivity contribution in [3.05, 3.63) is 60.4 Å². The lowest BCUT2D eigenvalue weighted by molar-refractivity contribution is 0.624. The molecule has 0 aliphatic carbocycles. The zero-order valence-electron chi connectivity index (χ0n) is 13.7. The zero-order valence-corrected chi connectivity index (χ0v) is 13.7. The van der Waals surface area contributed by atoms with Gasteiger partial charge < -0.3 is 4.57 Å². The Morgan fingerprint density at radius 3 is 2.60 bits per heavy atom. The SMILES string of the molecule is Cn1cc(-c2cnc3c(c2)c(-c2ccc(F)c(C#N)c2)cn3C)cn1. The van der Waals surface area contributed by atoms with Gasteiger partial charge in [-0.25, -0.2) is 9.37 Å². The average molecular weight is 331 g/mol. The Morgan fingerprint density at radius 1 is 1.04 bits per heavy atom. The minimum absolute atomic E-state index is 0.0332. The molecule has 1 aromatic carbocycles. The van der Waals surface area contributed by atoms with Gasteiger partial charge in [-0.1, -0.05) is 6.07 Å². The third-order valence-electron chi connectivity index (χ3n) is 4.25. The predicted molar refractivity (Wildman–Crippen MR) is 93.0 cm³/mol. The van der Waals surface area contributed by atoms with Gasteiger partial charge in [-0.3, -0.25) is 4.68 Å². The molecule has 0 aliphatic heterocycles. The highest BCUT2D eigenvalue weighted by Crippen LogP contribution is 2.32. The van der Waals surface area contributed by atoms with E-state index in [1.807, 2.05) is 49.4 Å². The maximum atomic E-state index is 13.6. The first-order valence-corrected chi connectivity index (χ1v) is 7.71. The summed E-state index contributed by atoms with van der Waals surface area (Å²) in [7, 11) is 3.78. The molecule has 5 nitrogen and oxygen atoms in total. The van der Waals surface area contributed by atoms with E-state index in [9.17, 15) is 4.39 Å². The Morgan fingerprint density at radius 2 is 1.88 bits per heavy atom. The summed E-state index contributed by atoms with van der Waals surface area (Å²) in [5.74, 6) is -0.513. The van der Waals surface area contributed by atoms with Gasteiger partial charge in [0.1, 0.15) is 17.5 Å². The van der Waals surface area contributed by atoms with Crippen LogP contribution in [0.5, 0.6) is 0 Å². The molecule has 4 rings (SSSR count). The molecule has 0 saturated heterocycles. The second-order valence-corrected chi connectivity index (χ2v) is 5.96. The Kier molecular flexibility index (Phi) is 3.36. The van der Waals surface area contributed by atoms with E-state index in [-0.39, 0.29) is 5.56 Å². The van der Waals surface area contributed by atoms with Gasteiger partial charge in [0.25, 0.3) is 0 Å². The molecular formula is C19H14FN5. The van der Waals surface area contributed by atoms with Crippen molar-refractivity contribution in [3.8, 4) is 28.3 Å². The summed E-state index contributed by atoms with van der Waals surface area (Å²) < 4.78 is 17.3. The number of benzene rings is 1. The first-order chi connectivity index (χ1) is 12.1. The van der Waals surface area contributed by atoms with Crippen LogP contribution < -0.4 is 0 Å². The Bertz CT molecular complexity index is 1150. The molecule has 6 heteroatoms. The largest absolute Gasteiger partial charge is 0.335 e. The summed E-state index contributed by atoms with van der Waals surface area (Å²) in [6.07, 6.45) is 7.47. The number of hydrogen-bond acceptors (Lipinski definition) is 3. The van der Waals surface area contributed by atoms with Crippen molar-refractivity contribution in [1.82, 2.24) is 19.3 Å². The molecule has 0 saturated carbocycles. The van der Waals surface area contributed by atoms with Crippen molar-refractivity contribution in [3.63, 3.8) is 0 Å². The van der Waals surface area contributed by atoms with E-state index in [2.05, 4.69) is 10.1 Å². The predicted octanol–water partition coefficient (Wildman–Crippen LogP) is 3.65. The second-order valence-electron chi connectivity index (χ2n) is 5.96. The van der Waals surface area contributed by atoms with Crippen LogP contribution in [0.1, 0.15) is 5.56 Å². The van der Waals surface area contributed by atoms with Gasteiger partial charge in [0.15, 0.2) is 0 Å². The van der Waals surface area contributed by atoms with E-state index < -0.39 is 5.82 Å². The van der Waals surface area contributed by atoms with Crippen molar-refractivity contribution in [2.75, 3.05) is 0 Å². The normalized spacial score (nSPS) is 11.0. The number of fused-ring (bicyclic) bond motifs is 1. The monoisotopic (exact) mass is 331 g/mol. The van der Waals surface area contributed by atoms with Gasteiger partial charge in [-0.05, 0) is 23.8 Å². The Labute approximate surface area is 143 Å². The topological polar surface area (TPSA) is 59.4 Å². The summed E-state index contributed by atoms with van der Waals surface area (Å²) in [5.41, 5.74) is 4.48. The number of nitriles is 1. The number of rotatable bonds is 2. The molecule has 0 radical (unpaired) electrons. The fourth-order valence-electron chi connectivity index (χ4n) is 3.00. The number of halogens is 1. The van der Waals surface area contributed by atoms with Gasteiger partial charge >= 0.3 is 0 Å². The maximum Gasteiger partial charge on any atom is 0.140 e. The van der Waals surface area contributed by atoms with Crippen molar-refractivity contribution in [1.29, 1.82) is 5.26 Å². The van der Waals surface area contributed by atoms with Gasteiger partial charge in [-0.15, -0.1) is 0 Å². The molecule has 3 aromatic heterocycles. The number of aryl methyl sites for hydroxylation is 2. The van der Waals surface area contributed by atoms with Crippen LogP contribution in [0.4, 0.5) is 4.39 Å². The first kappa shape index (κ1) is 15.1. The molecule has 0 amide bonds. The fourth-order valence-corrected chi connectivity index (χ4v) is 3.00. The minimum atomic E-state index is -0.513. The highest BCUT2D eigenvalue weighted by Gasteiger charge is 2.13. The summed E-state index contributed by atoms with van der Waals surface area (Å²) in [4.78, 5) is 4.56. The van der Waals surface area contributed by atoms with Gasteiger partial charge in [0, 0.05) is 54.8 Å². The molecule has 0 atom stereocenters. The summed E-state index contributed by atoms with van der Waals surface area (Å²) in [5, 5.41) is 14.2. The number of pyridine rings is 1. The number of hydrogen-bond donors (Lipinski definition) is 0. The molecule has 0 fully saturated rings. The molecule has 0 unspecified atom stereocenters. The molecule has 0 aliphatic rings. The fraction of sp³-hybridized carbons (Fsp3) is 0.105. The van der Waals surface area contributed by atoms with Crippen LogP contribution >= 0.6 is 0 Å². The van der Waals surface area contributed by atoms with Crippen LogP contribution in [0, 0.1) is 17.1 Å². The molecular weight excluding hydrogens is 317 g/mol.